The molecule has 0 spiro atoms. The fraction of sp³-hybridized carbons (Fsp3) is 0.562. The van der Waals surface area contributed by atoms with Gasteiger partial charge in [0.15, 0.2) is 0 Å². The summed E-state index contributed by atoms with van der Waals surface area (Å²) < 4.78 is 5.34. The number of rotatable bonds is 2. The molecule has 0 radical (unpaired) electrons. The van der Waals surface area contributed by atoms with Crippen LogP contribution >= 0.6 is 11.6 Å². The van der Waals surface area contributed by atoms with E-state index in [1.54, 1.807) is 51.2 Å². The van der Waals surface area contributed by atoms with Gasteiger partial charge in [0.2, 0.25) is 5.91 Å². The molecule has 0 aliphatic carbocycles. The summed E-state index contributed by atoms with van der Waals surface area (Å²) in [7, 11) is 1.59. The van der Waals surface area contributed by atoms with Crippen molar-refractivity contribution < 1.29 is 14.3 Å². The van der Waals surface area contributed by atoms with E-state index in [1.165, 1.54) is 4.90 Å². The quantitative estimate of drug-likeness (QED) is 0.830. The summed E-state index contributed by atoms with van der Waals surface area (Å²) in [5, 5.41) is 0.467. The summed E-state index contributed by atoms with van der Waals surface area (Å²) in [4.78, 5) is 32.0. The standard InChI is InChI=1S/C16H22ClN3O3/c1-16(2,3)23-15(22)19(4)12-6-5-9-20(14(12)21)13-10-18-8-7-11(13)17/h7-8,10,12H,5-6,9H2,1-4H3. The van der Waals surface area contributed by atoms with Crippen LogP contribution in [0.25, 0.3) is 0 Å². The Balaban J connectivity index is 2.17. The molecule has 126 valence electrons. The molecule has 2 amide bonds. The number of hydrogen-bond acceptors (Lipinski definition) is 4. The Kier molecular flexibility index (Phi) is 5.14. The molecule has 1 aromatic heterocycles. The molecule has 1 unspecified atom stereocenters. The second-order valence-corrected chi connectivity index (χ2v) is 6.97. The molecule has 1 aliphatic rings. The van der Waals surface area contributed by atoms with Crippen molar-refractivity contribution in [1.82, 2.24) is 9.88 Å². The highest BCUT2D eigenvalue weighted by atomic mass is 35.5. The van der Waals surface area contributed by atoms with E-state index in [9.17, 15) is 9.59 Å². The van der Waals surface area contributed by atoms with Crippen LogP contribution in [0.2, 0.25) is 5.02 Å². The van der Waals surface area contributed by atoms with E-state index in [0.717, 1.165) is 6.42 Å². The van der Waals surface area contributed by atoms with Crippen LogP contribution in [0.3, 0.4) is 0 Å². The summed E-state index contributed by atoms with van der Waals surface area (Å²) in [6.07, 6.45) is 4.01. The van der Waals surface area contributed by atoms with Gasteiger partial charge in [0.05, 0.1) is 16.9 Å². The van der Waals surface area contributed by atoms with E-state index < -0.39 is 17.7 Å². The molecule has 1 aromatic rings. The van der Waals surface area contributed by atoms with Crippen LogP contribution < -0.4 is 4.90 Å². The van der Waals surface area contributed by atoms with Gasteiger partial charge in [-0.25, -0.2) is 4.79 Å². The van der Waals surface area contributed by atoms with Crippen molar-refractivity contribution in [1.29, 1.82) is 0 Å². The van der Waals surface area contributed by atoms with Crippen LogP contribution in [0.5, 0.6) is 0 Å². The highest BCUT2D eigenvalue weighted by molar-refractivity contribution is 6.33. The second-order valence-electron chi connectivity index (χ2n) is 6.57. The van der Waals surface area contributed by atoms with E-state index in [0.29, 0.717) is 23.7 Å². The number of anilines is 1. The minimum atomic E-state index is -0.602. The average molecular weight is 340 g/mol. The van der Waals surface area contributed by atoms with Crippen LogP contribution in [0, 0.1) is 0 Å². The molecule has 0 saturated carbocycles. The maximum Gasteiger partial charge on any atom is 0.410 e. The third-order valence-electron chi connectivity index (χ3n) is 3.60. The highest BCUT2D eigenvalue weighted by Crippen LogP contribution is 2.29. The second kappa shape index (κ2) is 6.74. The zero-order chi connectivity index (χ0) is 17.2. The fourth-order valence-corrected chi connectivity index (χ4v) is 2.69. The summed E-state index contributed by atoms with van der Waals surface area (Å²) >= 11 is 6.16. The Labute approximate surface area is 141 Å². The third-order valence-corrected chi connectivity index (χ3v) is 3.92. The molecule has 2 rings (SSSR count). The van der Waals surface area contributed by atoms with Crippen molar-refractivity contribution in [3.8, 4) is 0 Å². The lowest BCUT2D eigenvalue weighted by Gasteiger charge is -2.37. The molecule has 0 aromatic carbocycles. The maximum atomic E-state index is 12.8. The Hall–Kier alpha value is -1.82. The molecule has 0 N–H and O–H groups in total. The van der Waals surface area contributed by atoms with E-state index in [2.05, 4.69) is 4.98 Å². The molecular weight excluding hydrogens is 318 g/mol. The Morgan fingerprint density at radius 2 is 2.17 bits per heavy atom. The maximum absolute atomic E-state index is 12.8. The van der Waals surface area contributed by atoms with Gasteiger partial charge in [-0.2, -0.15) is 0 Å². The number of nitrogens with zero attached hydrogens (tertiary/aromatic N) is 3. The van der Waals surface area contributed by atoms with Crippen LogP contribution in [-0.4, -0.2) is 47.1 Å². The van der Waals surface area contributed by atoms with Gasteiger partial charge in [0.1, 0.15) is 11.6 Å². The number of halogens is 1. The lowest BCUT2D eigenvalue weighted by Crippen LogP contribution is -2.53. The van der Waals surface area contributed by atoms with Gasteiger partial charge < -0.3 is 9.64 Å². The van der Waals surface area contributed by atoms with E-state index in [-0.39, 0.29) is 5.91 Å². The largest absolute Gasteiger partial charge is 0.444 e. The van der Waals surface area contributed by atoms with Gasteiger partial charge in [-0.3, -0.25) is 14.7 Å². The van der Waals surface area contributed by atoms with Gasteiger partial charge in [-0.1, -0.05) is 11.6 Å². The third kappa shape index (κ3) is 4.13. The number of amides is 2. The fourth-order valence-electron chi connectivity index (χ4n) is 2.48. The summed E-state index contributed by atoms with van der Waals surface area (Å²) in [5.74, 6) is -0.167. The minimum Gasteiger partial charge on any atom is -0.444 e. The number of carbonyl (C=O) groups excluding carboxylic acids is 2. The normalized spacial score (nSPS) is 18.7. The van der Waals surface area contributed by atoms with Crippen LogP contribution in [0.15, 0.2) is 18.5 Å². The first-order valence-electron chi connectivity index (χ1n) is 7.57. The molecule has 7 heteroatoms. The lowest BCUT2D eigenvalue weighted by molar-refractivity contribution is -0.124. The zero-order valence-corrected chi connectivity index (χ0v) is 14.6. The molecule has 2 heterocycles. The van der Waals surface area contributed by atoms with Gasteiger partial charge >= 0.3 is 6.09 Å². The number of hydrogen-bond donors (Lipinski definition) is 0. The molecule has 0 bridgehead atoms. The number of likely N-dealkylation sites (N-methyl/N-ethyl adjacent to an activating group) is 1. The van der Waals surface area contributed by atoms with Gasteiger partial charge in [-0.15, -0.1) is 0 Å². The van der Waals surface area contributed by atoms with Crippen molar-refractivity contribution in [2.75, 3.05) is 18.5 Å². The number of aromatic nitrogens is 1. The van der Waals surface area contributed by atoms with E-state index >= 15 is 0 Å². The van der Waals surface area contributed by atoms with Gasteiger partial charge in [0, 0.05) is 19.8 Å². The summed E-state index contributed by atoms with van der Waals surface area (Å²) in [5.41, 5.74) is -0.0310. The predicted octanol–water partition coefficient (Wildman–Crippen LogP) is 3.10. The van der Waals surface area contributed by atoms with Crippen molar-refractivity contribution in [3.05, 3.63) is 23.5 Å². The first-order chi connectivity index (χ1) is 10.7. The summed E-state index contributed by atoms with van der Waals surface area (Å²) in [6.45, 7) is 5.94. The van der Waals surface area contributed by atoms with Gasteiger partial charge in [-0.05, 0) is 39.7 Å². The molecule has 23 heavy (non-hydrogen) atoms. The topological polar surface area (TPSA) is 62.7 Å². The average Bonchev–Trinajstić information content (AvgIpc) is 2.46. The minimum absolute atomic E-state index is 0.167. The van der Waals surface area contributed by atoms with Gasteiger partial charge in [0.25, 0.3) is 0 Å². The van der Waals surface area contributed by atoms with Crippen molar-refractivity contribution >= 4 is 29.3 Å². The molecule has 1 aliphatic heterocycles. The number of pyridine rings is 1. The smallest absolute Gasteiger partial charge is 0.410 e. The Bertz CT molecular complexity index is 600. The predicted molar refractivity (Wildman–Crippen MR) is 88.6 cm³/mol. The molecular formula is C16H22ClN3O3. The van der Waals surface area contributed by atoms with Crippen molar-refractivity contribution in [2.45, 2.75) is 45.3 Å². The molecule has 1 fully saturated rings. The zero-order valence-electron chi connectivity index (χ0n) is 13.9. The first kappa shape index (κ1) is 17.5. The molecule has 1 saturated heterocycles. The van der Waals surface area contributed by atoms with Crippen LogP contribution in [-0.2, 0) is 9.53 Å². The van der Waals surface area contributed by atoms with Crippen LogP contribution in [0.4, 0.5) is 10.5 Å². The van der Waals surface area contributed by atoms with Crippen LogP contribution in [0.1, 0.15) is 33.6 Å². The van der Waals surface area contributed by atoms with Crippen molar-refractivity contribution in [3.63, 3.8) is 0 Å². The SMILES string of the molecule is CN(C(=O)OC(C)(C)C)C1CCCN(c2cnccc2Cl)C1=O. The number of carbonyl (C=O) groups is 2. The number of ether oxygens (including phenoxy) is 1. The monoisotopic (exact) mass is 339 g/mol. The Morgan fingerprint density at radius 1 is 1.48 bits per heavy atom. The van der Waals surface area contributed by atoms with Crippen molar-refractivity contribution in [2.24, 2.45) is 0 Å². The number of piperidine rings is 1. The Morgan fingerprint density at radius 3 is 2.78 bits per heavy atom. The molecule has 1 atom stereocenters. The lowest BCUT2D eigenvalue weighted by atomic mass is 10.0. The molecule has 6 nitrogen and oxygen atoms in total. The highest BCUT2D eigenvalue weighted by Gasteiger charge is 2.36. The van der Waals surface area contributed by atoms with E-state index in [1.807, 2.05) is 0 Å². The first-order valence-corrected chi connectivity index (χ1v) is 7.95. The van der Waals surface area contributed by atoms with E-state index in [4.69, 9.17) is 16.3 Å². The summed E-state index contributed by atoms with van der Waals surface area (Å²) in [6, 6.07) is 1.08.